The van der Waals surface area contributed by atoms with Gasteiger partial charge in [0.1, 0.15) is 5.75 Å². The van der Waals surface area contributed by atoms with Crippen molar-refractivity contribution in [2.24, 2.45) is 0 Å². The minimum Gasteiger partial charge on any atom is -0.478 e. The van der Waals surface area contributed by atoms with E-state index in [-0.39, 0.29) is 11.6 Å². The van der Waals surface area contributed by atoms with Crippen LogP contribution >= 0.6 is 11.3 Å². The lowest BCUT2D eigenvalue weighted by molar-refractivity contribution is -0.384. The molecule has 27 heavy (non-hydrogen) atoms. The fourth-order valence-corrected chi connectivity index (χ4v) is 3.03. The largest absolute Gasteiger partial charge is 0.478 e. The number of benzene rings is 2. The van der Waals surface area contributed by atoms with E-state index in [1.165, 1.54) is 23.5 Å². The van der Waals surface area contributed by atoms with Gasteiger partial charge in [-0.15, -0.1) is 11.3 Å². The summed E-state index contributed by atoms with van der Waals surface area (Å²) in [7, 11) is 0. The lowest BCUT2D eigenvalue weighted by atomic mass is 10.1. The molecule has 0 radical (unpaired) electrons. The van der Waals surface area contributed by atoms with Crippen molar-refractivity contribution in [3.8, 4) is 17.0 Å². The molecule has 0 aliphatic heterocycles. The van der Waals surface area contributed by atoms with E-state index in [2.05, 4.69) is 10.3 Å². The molecule has 8 heteroatoms. The lowest BCUT2D eigenvalue weighted by Gasteiger charge is -2.24. The van der Waals surface area contributed by atoms with Crippen molar-refractivity contribution in [2.45, 2.75) is 19.4 Å². The van der Waals surface area contributed by atoms with Crippen LogP contribution in [-0.4, -0.2) is 21.4 Å². The maximum atomic E-state index is 12.6. The van der Waals surface area contributed by atoms with Gasteiger partial charge in [-0.1, -0.05) is 30.3 Å². The number of non-ortho nitro benzene ring substituents is 1. The number of nitro groups is 1. The molecule has 138 valence electrons. The molecule has 1 aromatic heterocycles. The number of rotatable bonds is 6. The van der Waals surface area contributed by atoms with E-state index >= 15 is 0 Å². The Balaban J connectivity index is 1.72. The number of thiazole rings is 1. The average Bonchev–Trinajstić information content (AvgIpc) is 3.11. The van der Waals surface area contributed by atoms with E-state index in [9.17, 15) is 14.9 Å². The number of hydrogen-bond acceptors (Lipinski definition) is 6. The Morgan fingerprint density at radius 1 is 1.19 bits per heavy atom. The van der Waals surface area contributed by atoms with E-state index in [1.54, 1.807) is 43.5 Å². The number of amides is 1. The molecule has 1 heterocycles. The number of ether oxygens (including phenoxy) is 1. The van der Waals surface area contributed by atoms with E-state index in [4.69, 9.17) is 4.74 Å². The van der Waals surface area contributed by atoms with Gasteiger partial charge in [0.25, 0.3) is 11.6 Å². The molecule has 0 aliphatic rings. The molecule has 0 spiro atoms. The van der Waals surface area contributed by atoms with Crippen LogP contribution in [0.2, 0.25) is 0 Å². The van der Waals surface area contributed by atoms with Gasteiger partial charge in [-0.05, 0) is 26.0 Å². The lowest BCUT2D eigenvalue weighted by Crippen LogP contribution is -2.42. The molecule has 7 nitrogen and oxygen atoms in total. The molecule has 3 rings (SSSR count). The molecule has 0 saturated carbocycles. The van der Waals surface area contributed by atoms with Crippen LogP contribution in [0, 0.1) is 10.1 Å². The highest BCUT2D eigenvalue weighted by Gasteiger charge is 2.30. The Morgan fingerprint density at radius 2 is 1.93 bits per heavy atom. The van der Waals surface area contributed by atoms with Gasteiger partial charge in [0.15, 0.2) is 10.7 Å². The Hall–Kier alpha value is -3.26. The van der Waals surface area contributed by atoms with Gasteiger partial charge in [-0.3, -0.25) is 20.2 Å². The first-order valence-corrected chi connectivity index (χ1v) is 8.99. The van der Waals surface area contributed by atoms with Crippen molar-refractivity contribution in [3.05, 3.63) is 70.1 Å². The monoisotopic (exact) mass is 383 g/mol. The van der Waals surface area contributed by atoms with Crippen LogP contribution in [0.4, 0.5) is 10.8 Å². The second kappa shape index (κ2) is 7.55. The summed E-state index contributed by atoms with van der Waals surface area (Å²) in [5.41, 5.74) is 0.0589. The zero-order valence-corrected chi connectivity index (χ0v) is 15.5. The van der Waals surface area contributed by atoms with Crippen molar-refractivity contribution in [1.29, 1.82) is 0 Å². The summed E-state index contributed by atoms with van der Waals surface area (Å²) < 4.78 is 5.76. The SMILES string of the molecule is CC(C)(Oc1ccccc1)C(=O)Nc1nc(-c2cccc([N+](=O)[O-])c2)cs1. The molecule has 1 amide bonds. The van der Waals surface area contributed by atoms with Gasteiger partial charge in [0.2, 0.25) is 0 Å². The summed E-state index contributed by atoms with van der Waals surface area (Å²) in [6.07, 6.45) is 0. The van der Waals surface area contributed by atoms with E-state index in [0.29, 0.717) is 22.1 Å². The van der Waals surface area contributed by atoms with E-state index < -0.39 is 10.5 Å². The van der Waals surface area contributed by atoms with Gasteiger partial charge < -0.3 is 4.74 Å². The summed E-state index contributed by atoms with van der Waals surface area (Å²) in [5.74, 6) is 0.250. The summed E-state index contributed by atoms with van der Waals surface area (Å²) >= 11 is 1.24. The fraction of sp³-hybridized carbons (Fsp3) is 0.158. The molecule has 1 N–H and O–H groups in total. The minimum atomic E-state index is -1.10. The van der Waals surface area contributed by atoms with Crippen LogP contribution in [0.5, 0.6) is 5.75 Å². The van der Waals surface area contributed by atoms with Crippen molar-refractivity contribution < 1.29 is 14.5 Å². The Labute approximate surface area is 159 Å². The molecule has 0 unspecified atom stereocenters. The maximum Gasteiger partial charge on any atom is 0.270 e. The van der Waals surface area contributed by atoms with Crippen LogP contribution in [-0.2, 0) is 4.79 Å². The standard InChI is InChI=1S/C19H17N3O4S/c1-19(2,26-15-9-4-3-5-10-15)17(23)21-18-20-16(12-27-18)13-7-6-8-14(11-13)22(24)25/h3-12H,1-2H3,(H,20,21,23). The zero-order chi connectivity index (χ0) is 19.4. The number of nitrogens with one attached hydrogen (secondary N) is 1. The summed E-state index contributed by atoms with van der Waals surface area (Å²) in [6, 6.07) is 15.3. The van der Waals surface area contributed by atoms with Crippen LogP contribution in [0.15, 0.2) is 60.0 Å². The molecule has 0 atom stereocenters. The van der Waals surface area contributed by atoms with Gasteiger partial charge in [0, 0.05) is 23.1 Å². The number of hydrogen-bond donors (Lipinski definition) is 1. The Bertz CT molecular complexity index is 970. The predicted molar refractivity (Wildman–Crippen MR) is 104 cm³/mol. The van der Waals surface area contributed by atoms with Crippen LogP contribution in [0.25, 0.3) is 11.3 Å². The van der Waals surface area contributed by atoms with Gasteiger partial charge in [-0.25, -0.2) is 4.98 Å². The van der Waals surface area contributed by atoms with Gasteiger partial charge in [0.05, 0.1) is 10.6 Å². The van der Waals surface area contributed by atoms with Crippen LogP contribution in [0.3, 0.4) is 0 Å². The molecular formula is C19H17N3O4S. The van der Waals surface area contributed by atoms with Crippen molar-refractivity contribution in [3.63, 3.8) is 0 Å². The molecule has 2 aromatic carbocycles. The zero-order valence-electron chi connectivity index (χ0n) is 14.7. The van der Waals surface area contributed by atoms with Gasteiger partial charge >= 0.3 is 0 Å². The van der Waals surface area contributed by atoms with E-state index in [1.807, 2.05) is 18.2 Å². The first-order chi connectivity index (χ1) is 12.8. The van der Waals surface area contributed by atoms with Crippen LogP contribution < -0.4 is 10.1 Å². The van der Waals surface area contributed by atoms with E-state index in [0.717, 1.165) is 0 Å². The number of carbonyl (C=O) groups excluding carboxylic acids is 1. The third-order valence-corrected chi connectivity index (χ3v) is 4.50. The highest BCUT2D eigenvalue weighted by atomic mass is 32.1. The van der Waals surface area contributed by atoms with Crippen molar-refractivity contribution in [2.75, 3.05) is 5.32 Å². The highest BCUT2D eigenvalue weighted by molar-refractivity contribution is 7.14. The number of nitrogens with zero attached hydrogens (tertiary/aromatic N) is 2. The van der Waals surface area contributed by atoms with Crippen molar-refractivity contribution >= 4 is 28.1 Å². The molecule has 0 saturated heterocycles. The highest BCUT2D eigenvalue weighted by Crippen LogP contribution is 2.28. The molecule has 0 aliphatic carbocycles. The third-order valence-electron chi connectivity index (χ3n) is 3.74. The molecular weight excluding hydrogens is 366 g/mol. The number of carbonyl (C=O) groups is 1. The minimum absolute atomic E-state index is 0.0107. The normalized spacial score (nSPS) is 11.0. The topological polar surface area (TPSA) is 94.4 Å². The Morgan fingerprint density at radius 3 is 2.63 bits per heavy atom. The first kappa shape index (κ1) is 18.5. The quantitative estimate of drug-likeness (QED) is 0.499. The fourth-order valence-electron chi connectivity index (χ4n) is 2.32. The number of nitro benzene ring substituents is 1. The number of para-hydroxylation sites is 1. The maximum absolute atomic E-state index is 12.6. The predicted octanol–water partition coefficient (Wildman–Crippen LogP) is 4.51. The molecule has 0 bridgehead atoms. The second-order valence-electron chi connectivity index (χ2n) is 6.22. The second-order valence-corrected chi connectivity index (χ2v) is 7.08. The smallest absolute Gasteiger partial charge is 0.270 e. The summed E-state index contributed by atoms with van der Waals surface area (Å²) in [5, 5.41) is 15.8. The summed E-state index contributed by atoms with van der Waals surface area (Å²) in [4.78, 5) is 27.4. The number of aromatic nitrogens is 1. The average molecular weight is 383 g/mol. The van der Waals surface area contributed by atoms with Crippen molar-refractivity contribution in [1.82, 2.24) is 4.98 Å². The van der Waals surface area contributed by atoms with Crippen LogP contribution in [0.1, 0.15) is 13.8 Å². The van der Waals surface area contributed by atoms with Gasteiger partial charge in [-0.2, -0.15) is 0 Å². The number of anilines is 1. The third kappa shape index (κ3) is 4.48. The first-order valence-electron chi connectivity index (χ1n) is 8.11. The summed E-state index contributed by atoms with van der Waals surface area (Å²) in [6.45, 7) is 3.34. The molecule has 0 fully saturated rings. The molecule has 3 aromatic rings. The Kier molecular flexibility index (Phi) is 5.18.